The van der Waals surface area contributed by atoms with E-state index in [1.54, 1.807) is 12.3 Å². The van der Waals surface area contributed by atoms with Crippen LogP contribution in [0.2, 0.25) is 0 Å². The van der Waals surface area contributed by atoms with Crippen molar-refractivity contribution < 1.29 is 4.79 Å². The molecule has 0 fully saturated rings. The molecule has 1 heterocycles. The Hall–Kier alpha value is -1.79. The second kappa shape index (κ2) is 8.17. The lowest BCUT2D eigenvalue weighted by atomic mass is 10.1. The summed E-state index contributed by atoms with van der Waals surface area (Å²) in [6.45, 7) is 4.12. The summed E-state index contributed by atoms with van der Waals surface area (Å²) < 4.78 is 0.744. The molecule has 2 rings (SSSR count). The Labute approximate surface area is 149 Å². The van der Waals surface area contributed by atoms with Crippen molar-refractivity contribution in [3.63, 3.8) is 0 Å². The predicted molar refractivity (Wildman–Crippen MR) is 99.4 cm³/mol. The van der Waals surface area contributed by atoms with Gasteiger partial charge in [0.1, 0.15) is 0 Å². The highest BCUT2D eigenvalue weighted by Crippen LogP contribution is 2.14. The minimum absolute atomic E-state index is 0.00865. The number of hydrogen-bond donors (Lipinski definition) is 2. The maximum absolute atomic E-state index is 12.1. The van der Waals surface area contributed by atoms with Crippen LogP contribution in [0.1, 0.15) is 41.4 Å². The van der Waals surface area contributed by atoms with Crippen LogP contribution in [0.4, 0.5) is 0 Å². The molecular weight excluding hydrogens is 374 g/mol. The number of benzene rings is 1. The van der Waals surface area contributed by atoms with Gasteiger partial charge in [0, 0.05) is 16.9 Å². The van der Waals surface area contributed by atoms with Gasteiger partial charge in [-0.05, 0) is 58.7 Å². The van der Waals surface area contributed by atoms with Gasteiger partial charge in [-0.15, -0.1) is 0 Å². The maximum Gasteiger partial charge on any atom is 0.259 e. The highest BCUT2D eigenvalue weighted by molar-refractivity contribution is 9.10. The van der Waals surface area contributed by atoms with E-state index in [2.05, 4.69) is 62.7 Å². The summed E-state index contributed by atoms with van der Waals surface area (Å²) in [5, 5.41) is 6.08. The van der Waals surface area contributed by atoms with E-state index >= 15 is 0 Å². The lowest BCUT2D eigenvalue weighted by molar-refractivity contribution is 0.0976. The second-order valence-electron chi connectivity index (χ2n) is 5.14. The van der Waals surface area contributed by atoms with Crippen LogP contribution in [-0.4, -0.2) is 16.0 Å². The molecule has 0 aliphatic rings. The highest BCUT2D eigenvalue weighted by Gasteiger charge is 2.11. The monoisotopic (exact) mass is 391 g/mol. The van der Waals surface area contributed by atoms with Crippen molar-refractivity contribution in [2.75, 3.05) is 0 Å². The van der Waals surface area contributed by atoms with Crippen molar-refractivity contribution in [1.29, 1.82) is 0 Å². The Kier molecular flexibility index (Phi) is 6.24. The van der Waals surface area contributed by atoms with Crippen LogP contribution < -0.4 is 10.6 Å². The van der Waals surface area contributed by atoms with Gasteiger partial charge in [0.25, 0.3) is 5.91 Å². The van der Waals surface area contributed by atoms with Gasteiger partial charge in [-0.2, -0.15) is 0 Å². The summed E-state index contributed by atoms with van der Waals surface area (Å²) in [5.41, 5.74) is 2.85. The van der Waals surface area contributed by atoms with Gasteiger partial charge >= 0.3 is 0 Å². The molecule has 23 heavy (non-hydrogen) atoms. The predicted octanol–water partition coefficient (Wildman–Crippen LogP) is 3.77. The smallest absolute Gasteiger partial charge is 0.259 e. The van der Waals surface area contributed by atoms with E-state index in [4.69, 9.17) is 12.2 Å². The van der Waals surface area contributed by atoms with Crippen molar-refractivity contribution in [2.45, 2.75) is 26.3 Å². The largest absolute Gasteiger partial charge is 0.356 e. The minimum Gasteiger partial charge on any atom is -0.356 e. The number of hydrogen-bond acceptors (Lipinski definition) is 3. The standard InChI is InChI=1S/C17H18BrN3OS/c1-3-12-4-6-13(7-5-12)11(2)20-17(23)21-16(22)14-8-15(18)10-19-9-14/h4-11H,3H2,1-2H3,(H2,20,21,22,23). The fourth-order valence-corrected chi connectivity index (χ4v) is 2.70. The normalized spacial score (nSPS) is 11.6. The lowest BCUT2D eigenvalue weighted by Gasteiger charge is -2.17. The van der Waals surface area contributed by atoms with Gasteiger partial charge in [-0.1, -0.05) is 31.2 Å². The van der Waals surface area contributed by atoms with Crippen LogP contribution in [0.15, 0.2) is 47.2 Å². The molecule has 0 radical (unpaired) electrons. The van der Waals surface area contributed by atoms with Crippen molar-refractivity contribution in [2.24, 2.45) is 0 Å². The van der Waals surface area contributed by atoms with Crippen molar-refractivity contribution >= 4 is 39.2 Å². The second-order valence-corrected chi connectivity index (χ2v) is 6.46. The summed E-state index contributed by atoms with van der Waals surface area (Å²) in [6, 6.07) is 10.0. The maximum atomic E-state index is 12.1. The van der Waals surface area contributed by atoms with Crippen LogP contribution in [0.5, 0.6) is 0 Å². The molecule has 0 aliphatic heterocycles. The molecule has 1 amide bonds. The molecule has 1 aromatic heterocycles. The molecular formula is C17H18BrN3OS. The van der Waals surface area contributed by atoms with E-state index < -0.39 is 0 Å². The van der Waals surface area contributed by atoms with Gasteiger partial charge in [-0.25, -0.2) is 0 Å². The molecule has 0 bridgehead atoms. The lowest BCUT2D eigenvalue weighted by Crippen LogP contribution is -2.40. The molecule has 120 valence electrons. The third-order valence-corrected chi connectivity index (χ3v) is 4.08. The molecule has 1 aromatic carbocycles. The SMILES string of the molecule is CCc1ccc(C(C)NC(=S)NC(=O)c2cncc(Br)c2)cc1. The Bertz CT molecular complexity index is 703. The van der Waals surface area contributed by atoms with Gasteiger partial charge in [0.05, 0.1) is 11.6 Å². The average molecular weight is 392 g/mol. The number of carbonyl (C=O) groups excluding carboxylic acids is 1. The molecule has 0 spiro atoms. The Morgan fingerprint density at radius 1 is 1.30 bits per heavy atom. The first-order valence-corrected chi connectivity index (χ1v) is 8.51. The van der Waals surface area contributed by atoms with Gasteiger partial charge in [-0.3, -0.25) is 15.1 Å². The number of amides is 1. The Morgan fingerprint density at radius 3 is 2.61 bits per heavy atom. The topological polar surface area (TPSA) is 54.0 Å². The van der Waals surface area contributed by atoms with E-state index in [0.29, 0.717) is 10.7 Å². The Morgan fingerprint density at radius 2 is 2.00 bits per heavy atom. The zero-order valence-corrected chi connectivity index (χ0v) is 15.4. The summed E-state index contributed by atoms with van der Waals surface area (Å²) >= 11 is 8.50. The number of aromatic nitrogens is 1. The third-order valence-electron chi connectivity index (χ3n) is 3.43. The number of carbonyl (C=O) groups is 1. The number of pyridine rings is 1. The van der Waals surface area contributed by atoms with Crippen LogP contribution >= 0.6 is 28.1 Å². The minimum atomic E-state index is -0.287. The molecule has 2 aromatic rings. The number of aryl methyl sites for hydroxylation is 1. The number of halogens is 1. The number of rotatable bonds is 4. The van der Waals surface area contributed by atoms with E-state index in [1.807, 2.05) is 6.92 Å². The Balaban J connectivity index is 1.94. The first-order valence-electron chi connectivity index (χ1n) is 7.31. The van der Waals surface area contributed by atoms with Crippen molar-refractivity contribution in [3.8, 4) is 0 Å². The fourth-order valence-electron chi connectivity index (χ4n) is 2.07. The summed E-state index contributed by atoms with van der Waals surface area (Å²) in [7, 11) is 0. The van der Waals surface area contributed by atoms with Gasteiger partial charge in [0.2, 0.25) is 0 Å². The number of nitrogens with zero attached hydrogens (tertiary/aromatic N) is 1. The van der Waals surface area contributed by atoms with Crippen LogP contribution in [-0.2, 0) is 6.42 Å². The molecule has 0 aliphatic carbocycles. The van der Waals surface area contributed by atoms with Gasteiger partial charge in [0.15, 0.2) is 5.11 Å². The van der Waals surface area contributed by atoms with Gasteiger partial charge < -0.3 is 5.32 Å². The number of thiocarbonyl (C=S) groups is 1. The fraction of sp³-hybridized carbons (Fsp3) is 0.235. The van der Waals surface area contributed by atoms with Crippen molar-refractivity contribution in [3.05, 3.63) is 63.9 Å². The number of nitrogens with one attached hydrogen (secondary N) is 2. The van der Waals surface area contributed by atoms with E-state index in [-0.39, 0.29) is 11.9 Å². The molecule has 1 unspecified atom stereocenters. The summed E-state index contributed by atoms with van der Waals surface area (Å²) in [6.07, 6.45) is 4.13. The summed E-state index contributed by atoms with van der Waals surface area (Å²) in [5.74, 6) is -0.287. The molecule has 2 N–H and O–H groups in total. The average Bonchev–Trinajstić information content (AvgIpc) is 2.54. The molecule has 6 heteroatoms. The van der Waals surface area contributed by atoms with E-state index in [9.17, 15) is 4.79 Å². The molecule has 1 atom stereocenters. The zero-order chi connectivity index (χ0) is 16.8. The molecule has 0 saturated heterocycles. The first-order chi connectivity index (χ1) is 11.0. The van der Waals surface area contributed by atoms with Crippen LogP contribution in [0.3, 0.4) is 0 Å². The summed E-state index contributed by atoms with van der Waals surface area (Å²) in [4.78, 5) is 16.1. The van der Waals surface area contributed by atoms with Crippen LogP contribution in [0.25, 0.3) is 0 Å². The highest BCUT2D eigenvalue weighted by atomic mass is 79.9. The molecule has 4 nitrogen and oxygen atoms in total. The first kappa shape index (κ1) is 17.6. The van der Waals surface area contributed by atoms with E-state index in [0.717, 1.165) is 16.5 Å². The van der Waals surface area contributed by atoms with Crippen LogP contribution in [0, 0.1) is 0 Å². The van der Waals surface area contributed by atoms with E-state index in [1.165, 1.54) is 11.8 Å². The quantitative estimate of drug-likeness (QED) is 0.778. The van der Waals surface area contributed by atoms with Crippen molar-refractivity contribution in [1.82, 2.24) is 15.6 Å². The third kappa shape index (κ3) is 5.11. The zero-order valence-electron chi connectivity index (χ0n) is 13.0. The molecule has 0 saturated carbocycles.